The zero-order valence-corrected chi connectivity index (χ0v) is 9.36. The maximum absolute atomic E-state index is 3.61. The molecule has 0 heterocycles. The van der Waals surface area contributed by atoms with E-state index in [-0.39, 0.29) is 0 Å². The average Bonchev–Trinajstić information content (AvgIpc) is 2.09. The average molecular weight is 183 g/mol. The van der Waals surface area contributed by atoms with Crippen LogP contribution in [-0.2, 0) is 0 Å². The van der Waals surface area contributed by atoms with E-state index in [1.165, 1.54) is 58.0 Å². The van der Waals surface area contributed by atoms with Gasteiger partial charge in [-0.1, -0.05) is 33.1 Å². The topological polar surface area (TPSA) is 12.0 Å². The normalized spacial score (nSPS) is 19.8. The van der Waals surface area contributed by atoms with E-state index >= 15 is 0 Å². The maximum Gasteiger partial charge on any atom is 0.000770 e. The summed E-state index contributed by atoms with van der Waals surface area (Å²) in [7, 11) is 0. The number of nitrogens with one attached hydrogen (secondary N) is 1. The number of unbranched alkanes of at least 4 members (excludes halogenated alkanes) is 2. The van der Waals surface area contributed by atoms with Crippen LogP contribution in [-0.4, -0.2) is 13.1 Å². The highest BCUT2D eigenvalue weighted by Crippen LogP contribution is 2.42. The van der Waals surface area contributed by atoms with E-state index in [0.29, 0.717) is 5.41 Å². The molecule has 0 aromatic heterocycles. The van der Waals surface area contributed by atoms with Crippen LogP contribution in [0.1, 0.15) is 58.8 Å². The van der Waals surface area contributed by atoms with Gasteiger partial charge in [-0.2, -0.15) is 0 Å². The molecule has 0 atom stereocenters. The minimum absolute atomic E-state index is 0.701. The Labute approximate surface area is 83.3 Å². The van der Waals surface area contributed by atoms with Gasteiger partial charge in [0.25, 0.3) is 0 Å². The standard InChI is InChI=1S/C12H25N/c1-3-5-6-10-13-11-12(4-2)8-7-9-12/h13H,3-11H2,1-2H3. The molecule has 0 aromatic carbocycles. The molecule has 1 nitrogen and oxygen atoms in total. The number of hydrogen-bond donors (Lipinski definition) is 1. The van der Waals surface area contributed by atoms with Crippen LogP contribution in [0.25, 0.3) is 0 Å². The van der Waals surface area contributed by atoms with Gasteiger partial charge in [-0.25, -0.2) is 0 Å². The predicted octanol–water partition coefficient (Wildman–Crippen LogP) is 3.35. The maximum atomic E-state index is 3.61. The van der Waals surface area contributed by atoms with Crippen molar-refractivity contribution >= 4 is 0 Å². The lowest BCUT2D eigenvalue weighted by molar-refractivity contribution is 0.124. The molecule has 13 heavy (non-hydrogen) atoms. The molecule has 0 aliphatic heterocycles. The first-order valence-corrected chi connectivity index (χ1v) is 6.04. The molecule has 0 bridgehead atoms. The Balaban J connectivity index is 1.98. The molecule has 1 saturated carbocycles. The van der Waals surface area contributed by atoms with Gasteiger partial charge in [0.05, 0.1) is 0 Å². The van der Waals surface area contributed by atoms with Crippen molar-refractivity contribution in [2.24, 2.45) is 5.41 Å². The Morgan fingerprint density at radius 2 is 1.92 bits per heavy atom. The summed E-state index contributed by atoms with van der Waals surface area (Å²) in [5, 5.41) is 3.61. The van der Waals surface area contributed by atoms with Crippen molar-refractivity contribution in [1.82, 2.24) is 5.32 Å². The summed E-state index contributed by atoms with van der Waals surface area (Å²) < 4.78 is 0. The third kappa shape index (κ3) is 3.30. The number of hydrogen-bond acceptors (Lipinski definition) is 1. The third-order valence-corrected chi connectivity index (χ3v) is 3.62. The van der Waals surface area contributed by atoms with Crippen LogP contribution in [0, 0.1) is 5.41 Å². The molecule has 0 amide bonds. The molecule has 1 rings (SSSR count). The molecule has 1 N–H and O–H groups in total. The fourth-order valence-corrected chi connectivity index (χ4v) is 2.19. The van der Waals surface area contributed by atoms with Gasteiger partial charge in [0, 0.05) is 6.54 Å². The van der Waals surface area contributed by atoms with Crippen molar-refractivity contribution in [1.29, 1.82) is 0 Å². The van der Waals surface area contributed by atoms with Gasteiger partial charge in [-0.3, -0.25) is 0 Å². The largest absolute Gasteiger partial charge is 0.316 e. The Hall–Kier alpha value is -0.0400. The van der Waals surface area contributed by atoms with Crippen molar-refractivity contribution in [2.45, 2.75) is 58.8 Å². The molecular formula is C12H25N. The van der Waals surface area contributed by atoms with Crippen LogP contribution < -0.4 is 5.32 Å². The minimum atomic E-state index is 0.701. The molecule has 0 radical (unpaired) electrons. The molecular weight excluding hydrogens is 158 g/mol. The first-order chi connectivity index (χ1) is 6.33. The molecule has 78 valence electrons. The second-order valence-corrected chi connectivity index (χ2v) is 4.59. The van der Waals surface area contributed by atoms with E-state index in [1.807, 2.05) is 0 Å². The van der Waals surface area contributed by atoms with Crippen molar-refractivity contribution in [3.63, 3.8) is 0 Å². The minimum Gasteiger partial charge on any atom is -0.316 e. The second-order valence-electron chi connectivity index (χ2n) is 4.59. The fourth-order valence-electron chi connectivity index (χ4n) is 2.19. The molecule has 0 aromatic rings. The van der Waals surface area contributed by atoms with Gasteiger partial charge in [0.2, 0.25) is 0 Å². The van der Waals surface area contributed by atoms with E-state index in [9.17, 15) is 0 Å². The first-order valence-electron chi connectivity index (χ1n) is 6.04. The zero-order chi connectivity index (χ0) is 9.57. The van der Waals surface area contributed by atoms with Gasteiger partial charge in [-0.05, 0) is 37.6 Å². The van der Waals surface area contributed by atoms with E-state index < -0.39 is 0 Å². The second kappa shape index (κ2) is 5.64. The summed E-state index contributed by atoms with van der Waals surface area (Å²) >= 11 is 0. The lowest BCUT2D eigenvalue weighted by atomic mass is 9.67. The van der Waals surface area contributed by atoms with E-state index in [1.54, 1.807) is 0 Å². The Morgan fingerprint density at radius 3 is 2.38 bits per heavy atom. The lowest BCUT2D eigenvalue weighted by Crippen LogP contribution is -2.39. The third-order valence-electron chi connectivity index (χ3n) is 3.62. The van der Waals surface area contributed by atoms with Crippen LogP contribution in [0.5, 0.6) is 0 Å². The highest BCUT2D eigenvalue weighted by molar-refractivity contribution is 4.88. The fraction of sp³-hybridized carbons (Fsp3) is 1.00. The highest BCUT2D eigenvalue weighted by atomic mass is 14.9. The molecule has 0 unspecified atom stereocenters. The van der Waals surface area contributed by atoms with E-state index in [2.05, 4.69) is 19.2 Å². The van der Waals surface area contributed by atoms with E-state index in [4.69, 9.17) is 0 Å². The molecule has 1 aliphatic rings. The van der Waals surface area contributed by atoms with Crippen LogP contribution in [0.3, 0.4) is 0 Å². The number of rotatable bonds is 7. The summed E-state index contributed by atoms with van der Waals surface area (Å²) in [6, 6.07) is 0. The smallest absolute Gasteiger partial charge is 0.000770 e. The van der Waals surface area contributed by atoms with Crippen LogP contribution in [0.2, 0.25) is 0 Å². The van der Waals surface area contributed by atoms with Gasteiger partial charge >= 0.3 is 0 Å². The molecule has 1 fully saturated rings. The lowest BCUT2D eigenvalue weighted by Gasteiger charge is -2.41. The van der Waals surface area contributed by atoms with Crippen LogP contribution in [0.15, 0.2) is 0 Å². The Morgan fingerprint density at radius 1 is 1.15 bits per heavy atom. The summed E-state index contributed by atoms with van der Waals surface area (Å²) in [5.41, 5.74) is 0.701. The summed E-state index contributed by atoms with van der Waals surface area (Å²) in [6.45, 7) is 7.11. The first kappa shape index (κ1) is 11.0. The molecule has 1 heteroatoms. The van der Waals surface area contributed by atoms with Crippen LogP contribution >= 0.6 is 0 Å². The predicted molar refractivity (Wildman–Crippen MR) is 59.0 cm³/mol. The summed E-state index contributed by atoms with van der Waals surface area (Å²) in [6.07, 6.45) is 9.83. The summed E-state index contributed by atoms with van der Waals surface area (Å²) in [5.74, 6) is 0. The molecule has 0 spiro atoms. The quantitative estimate of drug-likeness (QED) is 0.597. The van der Waals surface area contributed by atoms with Gasteiger partial charge < -0.3 is 5.32 Å². The van der Waals surface area contributed by atoms with Gasteiger partial charge in [0.1, 0.15) is 0 Å². The van der Waals surface area contributed by atoms with Crippen molar-refractivity contribution < 1.29 is 0 Å². The van der Waals surface area contributed by atoms with Gasteiger partial charge in [0.15, 0.2) is 0 Å². The molecule has 1 aliphatic carbocycles. The summed E-state index contributed by atoms with van der Waals surface area (Å²) in [4.78, 5) is 0. The van der Waals surface area contributed by atoms with Crippen molar-refractivity contribution in [2.75, 3.05) is 13.1 Å². The SMILES string of the molecule is CCCCCNCC1(CC)CCC1. The Bertz CT molecular complexity index is 122. The van der Waals surface area contributed by atoms with Gasteiger partial charge in [-0.15, -0.1) is 0 Å². The highest BCUT2D eigenvalue weighted by Gasteiger charge is 2.34. The van der Waals surface area contributed by atoms with Crippen LogP contribution in [0.4, 0.5) is 0 Å². The van der Waals surface area contributed by atoms with E-state index in [0.717, 1.165) is 0 Å². The monoisotopic (exact) mass is 183 g/mol. The van der Waals surface area contributed by atoms with Crippen molar-refractivity contribution in [3.8, 4) is 0 Å². The zero-order valence-electron chi connectivity index (χ0n) is 9.36. The van der Waals surface area contributed by atoms with Crippen molar-refractivity contribution in [3.05, 3.63) is 0 Å². The molecule has 0 saturated heterocycles. The Kier molecular flexibility index (Phi) is 4.79.